The maximum atomic E-state index is 12.7. The summed E-state index contributed by atoms with van der Waals surface area (Å²) in [6.07, 6.45) is 6.51. The lowest BCUT2D eigenvalue weighted by molar-refractivity contribution is -0.152. The molecule has 144 valence electrons. The number of esters is 1. The number of hydrogen-bond acceptors (Lipinski definition) is 5. The number of imide groups is 1. The van der Waals surface area contributed by atoms with Crippen molar-refractivity contribution in [2.24, 2.45) is 23.2 Å². The molecule has 0 aromatic heterocycles. The van der Waals surface area contributed by atoms with E-state index in [1.165, 1.54) is 19.3 Å². The molecule has 4 fully saturated rings. The third kappa shape index (κ3) is 4.16. The van der Waals surface area contributed by atoms with Crippen LogP contribution in [0.2, 0.25) is 0 Å². The van der Waals surface area contributed by atoms with E-state index in [2.05, 4.69) is 10.6 Å². The largest absolute Gasteiger partial charge is 0.454 e. The Morgan fingerprint density at radius 2 is 1.54 bits per heavy atom. The van der Waals surface area contributed by atoms with Gasteiger partial charge in [-0.05, 0) is 63.2 Å². The molecule has 4 bridgehead atoms. The first-order chi connectivity index (χ1) is 12.4. The zero-order valence-electron chi connectivity index (χ0n) is 15.1. The van der Waals surface area contributed by atoms with Gasteiger partial charge in [0.25, 0.3) is 5.91 Å². The van der Waals surface area contributed by atoms with Crippen LogP contribution in [0, 0.1) is 23.2 Å². The van der Waals surface area contributed by atoms with Crippen molar-refractivity contribution in [2.75, 3.05) is 19.7 Å². The molecule has 4 saturated carbocycles. The molecule has 0 heterocycles. The molecular weight excluding hydrogens is 338 g/mol. The summed E-state index contributed by atoms with van der Waals surface area (Å²) in [6, 6.07) is -0.635. The molecule has 0 saturated heterocycles. The number of nitrogens with one attached hydrogen (secondary N) is 3. The highest BCUT2D eigenvalue weighted by atomic mass is 16.5. The third-order valence-electron chi connectivity index (χ3n) is 5.87. The molecule has 0 aromatic rings. The first-order valence-corrected chi connectivity index (χ1v) is 9.42. The summed E-state index contributed by atoms with van der Waals surface area (Å²) in [7, 11) is 0. The Hall–Kier alpha value is -2.12. The number of rotatable bonds is 6. The highest BCUT2D eigenvalue weighted by molar-refractivity contribution is 5.95. The molecule has 8 nitrogen and oxygen atoms in total. The van der Waals surface area contributed by atoms with E-state index in [-0.39, 0.29) is 17.9 Å². The number of carbonyl (C=O) groups excluding carboxylic acids is 4. The van der Waals surface area contributed by atoms with Gasteiger partial charge in [0.05, 0.1) is 0 Å². The van der Waals surface area contributed by atoms with Gasteiger partial charge in [-0.15, -0.1) is 0 Å². The second-order valence-electron chi connectivity index (χ2n) is 7.95. The number of hydrogen-bond donors (Lipinski definition) is 3. The molecule has 0 spiro atoms. The lowest BCUT2D eigenvalue weighted by Crippen LogP contribution is -2.54. The molecule has 4 amide bonds. The minimum atomic E-state index is -0.711. The van der Waals surface area contributed by atoms with E-state index in [0.717, 1.165) is 19.3 Å². The molecule has 4 rings (SSSR count). The van der Waals surface area contributed by atoms with Gasteiger partial charge in [0.2, 0.25) is 5.91 Å². The van der Waals surface area contributed by atoms with Gasteiger partial charge in [-0.1, -0.05) is 0 Å². The fraction of sp³-hybridized carbons (Fsp3) is 0.778. The maximum Gasteiger partial charge on any atom is 0.325 e. The minimum Gasteiger partial charge on any atom is -0.454 e. The van der Waals surface area contributed by atoms with Crippen LogP contribution in [0.15, 0.2) is 0 Å². The number of urea groups is 1. The van der Waals surface area contributed by atoms with E-state index in [4.69, 9.17) is 4.74 Å². The van der Waals surface area contributed by atoms with Gasteiger partial charge >= 0.3 is 12.0 Å². The molecule has 0 aliphatic heterocycles. The summed E-state index contributed by atoms with van der Waals surface area (Å²) >= 11 is 0. The molecule has 8 heteroatoms. The second kappa shape index (κ2) is 7.63. The Morgan fingerprint density at radius 1 is 0.962 bits per heavy atom. The van der Waals surface area contributed by atoms with Gasteiger partial charge in [0.1, 0.15) is 6.54 Å². The smallest absolute Gasteiger partial charge is 0.325 e. The van der Waals surface area contributed by atoms with Crippen LogP contribution in [0.25, 0.3) is 0 Å². The van der Waals surface area contributed by atoms with Crippen LogP contribution in [-0.4, -0.2) is 43.5 Å². The van der Waals surface area contributed by atoms with E-state index in [0.29, 0.717) is 24.3 Å². The van der Waals surface area contributed by atoms with Crippen LogP contribution in [0.1, 0.15) is 45.4 Å². The molecule has 0 atom stereocenters. The van der Waals surface area contributed by atoms with Crippen LogP contribution in [-0.2, 0) is 19.1 Å². The monoisotopic (exact) mass is 365 g/mol. The lowest BCUT2D eigenvalue weighted by Gasteiger charge is -2.55. The minimum absolute atomic E-state index is 0.0553. The SMILES string of the molecule is CCNC(=O)NC(=O)COC(=O)CNC(=O)C12CC3CC(CC(C3)C1)C2. The normalized spacial score (nSPS) is 31.2. The molecule has 0 radical (unpaired) electrons. The van der Waals surface area contributed by atoms with E-state index in [1.54, 1.807) is 6.92 Å². The van der Waals surface area contributed by atoms with Crippen LogP contribution in [0.3, 0.4) is 0 Å². The zero-order valence-corrected chi connectivity index (χ0v) is 15.1. The van der Waals surface area contributed by atoms with Crippen molar-refractivity contribution in [1.82, 2.24) is 16.0 Å². The third-order valence-corrected chi connectivity index (χ3v) is 5.87. The van der Waals surface area contributed by atoms with Crippen molar-refractivity contribution in [2.45, 2.75) is 45.4 Å². The van der Waals surface area contributed by atoms with Gasteiger partial charge in [0, 0.05) is 12.0 Å². The van der Waals surface area contributed by atoms with Gasteiger partial charge in [-0.25, -0.2) is 4.79 Å². The van der Waals surface area contributed by atoms with Crippen LogP contribution in [0.4, 0.5) is 4.79 Å². The predicted octanol–water partition coefficient (Wildman–Crippen LogP) is 0.708. The summed E-state index contributed by atoms with van der Waals surface area (Å²) in [5, 5.41) is 7.14. The lowest BCUT2D eigenvalue weighted by atomic mass is 9.49. The molecule has 26 heavy (non-hydrogen) atoms. The van der Waals surface area contributed by atoms with Crippen molar-refractivity contribution >= 4 is 23.8 Å². The van der Waals surface area contributed by atoms with E-state index >= 15 is 0 Å². The fourth-order valence-corrected chi connectivity index (χ4v) is 5.29. The van der Waals surface area contributed by atoms with Gasteiger partial charge < -0.3 is 15.4 Å². The predicted molar refractivity (Wildman–Crippen MR) is 91.8 cm³/mol. The number of ether oxygens (including phenoxy) is 1. The van der Waals surface area contributed by atoms with E-state index < -0.39 is 24.5 Å². The summed E-state index contributed by atoms with van der Waals surface area (Å²) < 4.78 is 4.81. The Morgan fingerprint density at radius 3 is 2.08 bits per heavy atom. The average molecular weight is 365 g/mol. The van der Waals surface area contributed by atoms with Crippen LogP contribution >= 0.6 is 0 Å². The Balaban J connectivity index is 1.40. The number of carbonyl (C=O) groups is 4. The summed E-state index contributed by atoms with van der Waals surface area (Å²) in [4.78, 5) is 47.1. The Kier molecular flexibility index (Phi) is 5.48. The summed E-state index contributed by atoms with van der Waals surface area (Å²) in [5.74, 6) is 0.497. The summed E-state index contributed by atoms with van der Waals surface area (Å²) in [6.45, 7) is 1.30. The second-order valence-corrected chi connectivity index (χ2v) is 7.95. The standard InChI is InChI=1S/C18H27N3O5/c1-2-19-17(25)21-14(22)10-26-15(23)9-20-16(24)18-6-11-3-12(7-18)5-13(4-11)8-18/h11-13H,2-10H2,1H3,(H,20,24)(H2,19,21,22,25). The zero-order chi connectivity index (χ0) is 18.7. The quantitative estimate of drug-likeness (QED) is 0.600. The Labute approximate surface area is 152 Å². The molecule has 4 aliphatic rings. The van der Waals surface area contributed by atoms with Crippen molar-refractivity contribution in [3.05, 3.63) is 0 Å². The molecule has 0 aromatic carbocycles. The first-order valence-electron chi connectivity index (χ1n) is 9.42. The molecule has 3 N–H and O–H groups in total. The van der Waals surface area contributed by atoms with Gasteiger partial charge in [0.15, 0.2) is 6.61 Å². The van der Waals surface area contributed by atoms with Crippen molar-refractivity contribution in [3.8, 4) is 0 Å². The highest BCUT2D eigenvalue weighted by Gasteiger charge is 2.54. The fourth-order valence-electron chi connectivity index (χ4n) is 5.29. The van der Waals surface area contributed by atoms with Crippen molar-refractivity contribution < 1.29 is 23.9 Å². The first kappa shape index (κ1) is 18.7. The van der Waals surface area contributed by atoms with E-state index in [9.17, 15) is 19.2 Å². The number of amides is 4. The van der Waals surface area contributed by atoms with Crippen molar-refractivity contribution in [3.63, 3.8) is 0 Å². The molecule has 0 unspecified atom stereocenters. The molecular formula is C18H27N3O5. The highest BCUT2D eigenvalue weighted by Crippen LogP contribution is 2.60. The maximum absolute atomic E-state index is 12.7. The van der Waals surface area contributed by atoms with E-state index in [1.807, 2.05) is 5.32 Å². The average Bonchev–Trinajstić information content (AvgIpc) is 2.56. The van der Waals surface area contributed by atoms with Crippen molar-refractivity contribution in [1.29, 1.82) is 0 Å². The van der Waals surface area contributed by atoms with Crippen LogP contribution in [0.5, 0.6) is 0 Å². The Bertz CT molecular complexity index is 568. The molecule has 4 aliphatic carbocycles. The van der Waals surface area contributed by atoms with Gasteiger partial charge in [-0.2, -0.15) is 0 Å². The topological polar surface area (TPSA) is 114 Å². The van der Waals surface area contributed by atoms with Crippen LogP contribution < -0.4 is 16.0 Å². The summed E-state index contributed by atoms with van der Waals surface area (Å²) in [5.41, 5.74) is -0.315. The van der Waals surface area contributed by atoms with Gasteiger partial charge in [-0.3, -0.25) is 19.7 Å².